The molecule has 2 fully saturated rings. The van der Waals surface area contributed by atoms with E-state index in [1.165, 1.54) is 0 Å². The number of pyridine rings is 1. The van der Waals surface area contributed by atoms with Crippen LogP contribution in [0.2, 0.25) is 0 Å². The standard InChI is InChI=1S/C19H24N4O2S/c1-15-21-17(13-26-15)12-23-10-11-25-14-19(23)4-8-22(9-5-19)18(24)16-2-6-20-7-3-16/h2-3,6-7,13H,4-5,8-12,14H2,1H3. The number of carbonyl (C=O) groups is 1. The Morgan fingerprint density at radius 2 is 2.04 bits per heavy atom. The number of thiazole rings is 1. The lowest BCUT2D eigenvalue weighted by Crippen LogP contribution is -2.61. The van der Waals surface area contributed by atoms with Gasteiger partial charge in [0.05, 0.1) is 23.9 Å². The van der Waals surface area contributed by atoms with Crippen molar-refractivity contribution in [3.8, 4) is 0 Å². The van der Waals surface area contributed by atoms with E-state index < -0.39 is 0 Å². The number of hydrogen-bond donors (Lipinski definition) is 0. The molecule has 7 heteroatoms. The maximum absolute atomic E-state index is 12.7. The Morgan fingerprint density at radius 3 is 2.73 bits per heavy atom. The van der Waals surface area contributed by atoms with Crippen LogP contribution in [0.25, 0.3) is 0 Å². The van der Waals surface area contributed by atoms with Crippen LogP contribution < -0.4 is 0 Å². The van der Waals surface area contributed by atoms with Gasteiger partial charge in [-0.15, -0.1) is 11.3 Å². The number of ether oxygens (including phenoxy) is 1. The third kappa shape index (κ3) is 3.51. The normalized spacial score (nSPS) is 20.4. The molecule has 1 amide bonds. The number of amides is 1. The zero-order valence-electron chi connectivity index (χ0n) is 15.1. The van der Waals surface area contributed by atoms with E-state index in [-0.39, 0.29) is 11.4 Å². The van der Waals surface area contributed by atoms with E-state index in [2.05, 4.69) is 20.2 Å². The molecule has 2 saturated heterocycles. The fourth-order valence-corrected chi connectivity index (χ4v) is 4.56. The predicted molar refractivity (Wildman–Crippen MR) is 100 cm³/mol. The Hall–Kier alpha value is -1.83. The highest BCUT2D eigenvalue weighted by Crippen LogP contribution is 2.33. The lowest BCUT2D eigenvalue weighted by atomic mass is 9.85. The number of rotatable bonds is 3. The van der Waals surface area contributed by atoms with Crippen LogP contribution >= 0.6 is 11.3 Å². The van der Waals surface area contributed by atoms with Crippen LogP contribution in [0.5, 0.6) is 0 Å². The second-order valence-corrected chi connectivity index (χ2v) is 8.15. The minimum atomic E-state index is 0.0186. The Bertz CT molecular complexity index is 756. The highest BCUT2D eigenvalue weighted by Gasteiger charge is 2.43. The van der Waals surface area contributed by atoms with Gasteiger partial charge in [-0.25, -0.2) is 4.98 Å². The van der Waals surface area contributed by atoms with Crippen molar-refractivity contribution >= 4 is 17.2 Å². The molecule has 2 aliphatic heterocycles. The van der Waals surface area contributed by atoms with Crippen molar-refractivity contribution in [1.29, 1.82) is 0 Å². The number of hydrogen-bond acceptors (Lipinski definition) is 6. The van der Waals surface area contributed by atoms with Crippen molar-refractivity contribution in [3.05, 3.63) is 46.2 Å². The minimum Gasteiger partial charge on any atom is -0.378 e. The van der Waals surface area contributed by atoms with Crippen LogP contribution in [0.3, 0.4) is 0 Å². The summed E-state index contributed by atoms with van der Waals surface area (Å²) >= 11 is 1.70. The molecular weight excluding hydrogens is 348 g/mol. The van der Waals surface area contributed by atoms with E-state index in [9.17, 15) is 4.79 Å². The summed E-state index contributed by atoms with van der Waals surface area (Å²) in [5.74, 6) is 0.0978. The van der Waals surface area contributed by atoms with E-state index in [0.29, 0.717) is 5.56 Å². The largest absolute Gasteiger partial charge is 0.378 e. The van der Waals surface area contributed by atoms with Gasteiger partial charge in [0.1, 0.15) is 0 Å². The number of likely N-dealkylation sites (tertiary alicyclic amines) is 1. The van der Waals surface area contributed by atoms with Crippen LogP contribution in [0.4, 0.5) is 0 Å². The zero-order valence-corrected chi connectivity index (χ0v) is 15.9. The van der Waals surface area contributed by atoms with E-state index in [1.54, 1.807) is 35.9 Å². The van der Waals surface area contributed by atoms with Crippen LogP contribution in [-0.2, 0) is 11.3 Å². The third-order valence-corrected chi connectivity index (χ3v) is 6.30. The van der Waals surface area contributed by atoms with Gasteiger partial charge in [-0.2, -0.15) is 0 Å². The van der Waals surface area contributed by atoms with Gasteiger partial charge in [-0.3, -0.25) is 14.7 Å². The van der Waals surface area contributed by atoms with Crippen molar-refractivity contribution in [2.75, 3.05) is 32.8 Å². The maximum atomic E-state index is 12.7. The first kappa shape index (κ1) is 17.6. The quantitative estimate of drug-likeness (QED) is 0.828. The molecule has 0 bridgehead atoms. The second kappa shape index (κ2) is 7.42. The maximum Gasteiger partial charge on any atom is 0.253 e. The number of aromatic nitrogens is 2. The summed E-state index contributed by atoms with van der Waals surface area (Å²) < 4.78 is 5.85. The van der Waals surface area contributed by atoms with Crippen molar-refractivity contribution in [2.24, 2.45) is 0 Å². The number of aryl methyl sites for hydroxylation is 1. The molecule has 6 nitrogen and oxygen atoms in total. The van der Waals surface area contributed by atoms with Gasteiger partial charge < -0.3 is 9.64 Å². The highest BCUT2D eigenvalue weighted by atomic mass is 32.1. The van der Waals surface area contributed by atoms with E-state index in [0.717, 1.165) is 62.9 Å². The summed E-state index contributed by atoms with van der Waals surface area (Å²) in [6.45, 7) is 6.87. The van der Waals surface area contributed by atoms with Crippen LogP contribution in [0.1, 0.15) is 33.9 Å². The molecule has 4 heterocycles. The highest BCUT2D eigenvalue weighted by molar-refractivity contribution is 7.09. The summed E-state index contributed by atoms with van der Waals surface area (Å²) in [5, 5.41) is 3.26. The van der Waals surface area contributed by atoms with Gasteiger partial charge in [-0.1, -0.05) is 0 Å². The molecule has 2 aromatic rings. The molecule has 26 heavy (non-hydrogen) atoms. The molecule has 0 saturated carbocycles. The van der Waals surface area contributed by atoms with Gasteiger partial charge in [0.15, 0.2) is 0 Å². The molecular formula is C19H24N4O2S. The van der Waals surface area contributed by atoms with E-state index in [1.807, 2.05) is 11.8 Å². The molecule has 138 valence electrons. The van der Waals surface area contributed by atoms with Gasteiger partial charge in [-0.05, 0) is 31.9 Å². The smallest absolute Gasteiger partial charge is 0.253 e. The van der Waals surface area contributed by atoms with Crippen molar-refractivity contribution in [2.45, 2.75) is 31.8 Å². The zero-order chi connectivity index (χ0) is 18.0. The lowest BCUT2D eigenvalue weighted by Gasteiger charge is -2.51. The Labute approximate surface area is 157 Å². The van der Waals surface area contributed by atoms with Crippen LogP contribution in [0.15, 0.2) is 29.9 Å². The fraction of sp³-hybridized carbons (Fsp3) is 0.526. The molecule has 0 aliphatic carbocycles. The summed E-state index contributed by atoms with van der Waals surface area (Å²) in [7, 11) is 0. The lowest BCUT2D eigenvalue weighted by molar-refractivity contribution is -0.0961. The van der Waals surface area contributed by atoms with E-state index in [4.69, 9.17) is 4.74 Å². The average Bonchev–Trinajstić information content (AvgIpc) is 3.09. The first-order valence-corrected chi connectivity index (χ1v) is 9.97. The van der Waals surface area contributed by atoms with Gasteiger partial charge in [0.2, 0.25) is 0 Å². The SMILES string of the molecule is Cc1nc(CN2CCOCC23CCN(C(=O)c2ccncc2)CC3)cs1. The number of carbonyl (C=O) groups excluding carboxylic acids is 1. The van der Waals surface area contributed by atoms with Gasteiger partial charge in [0, 0.05) is 55.1 Å². The summed E-state index contributed by atoms with van der Waals surface area (Å²) in [4.78, 5) is 25.8. The topological polar surface area (TPSA) is 58.6 Å². The molecule has 4 rings (SSSR count). The van der Waals surface area contributed by atoms with Crippen molar-refractivity contribution < 1.29 is 9.53 Å². The minimum absolute atomic E-state index is 0.0186. The molecule has 2 aliphatic rings. The number of piperidine rings is 1. The Balaban J connectivity index is 1.44. The summed E-state index contributed by atoms with van der Waals surface area (Å²) in [5.41, 5.74) is 1.87. The van der Waals surface area contributed by atoms with Crippen LogP contribution in [-0.4, -0.2) is 64.1 Å². The Kier molecular flexibility index (Phi) is 5.02. The number of nitrogens with zero attached hydrogens (tertiary/aromatic N) is 4. The monoisotopic (exact) mass is 372 g/mol. The molecule has 2 aromatic heterocycles. The van der Waals surface area contributed by atoms with Crippen molar-refractivity contribution in [1.82, 2.24) is 19.8 Å². The molecule has 0 atom stereocenters. The molecule has 0 aromatic carbocycles. The Morgan fingerprint density at radius 1 is 1.27 bits per heavy atom. The average molecular weight is 372 g/mol. The first-order valence-electron chi connectivity index (χ1n) is 9.09. The fourth-order valence-electron chi connectivity index (χ4n) is 3.95. The summed E-state index contributed by atoms with van der Waals surface area (Å²) in [6.07, 6.45) is 5.22. The second-order valence-electron chi connectivity index (χ2n) is 7.08. The van der Waals surface area contributed by atoms with E-state index >= 15 is 0 Å². The van der Waals surface area contributed by atoms with Gasteiger partial charge >= 0.3 is 0 Å². The molecule has 0 unspecified atom stereocenters. The third-order valence-electron chi connectivity index (χ3n) is 5.48. The van der Waals surface area contributed by atoms with Crippen molar-refractivity contribution in [3.63, 3.8) is 0 Å². The molecule has 0 radical (unpaired) electrons. The summed E-state index contributed by atoms with van der Waals surface area (Å²) in [6, 6.07) is 3.57. The predicted octanol–water partition coefficient (Wildman–Crippen LogP) is 2.35. The number of morpholine rings is 1. The van der Waals surface area contributed by atoms with Crippen LogP contribution in [0, 0.1) is 6.92 Å². The molecule has 1 spiro atoms. The van der Waals surface area contributed by atoms with Gasteiger partial charge in [0.25, 0.3) is 5.91 Å². The first-order chi connectivity index (χ1) is 12.7. The molecule has 0 N–H and O–H groups in total.